The van der Waals surface area contributed by atoms with Crippen LogP contribution in [0.15, 0.2) is 23.0 Å². The van der Waals surface area contributed by atoms with Crippen molar-refractivity contribution in [3.63, 3.8) is 0 Å². The van der Waals surface area contributed by atoms with E-state index in [0.29, 0.717) is 42.6 Å². The van der Waals surface area contributed by atoms with Gasteiger partial charge < -0.3 is 14.2 Å². The van der Waals surface area contributed by atoms with Gasteiger partial charge in [0, 0.05) is 31.1 Å². The van der Waals surface area contributed by atoms with Gasteiger partial charge in [0.05, 0.1) is 11.8 Å². The summed E-state index contributed by atoms with van der Waals surface area (Å²) in [7, 11) is 0. The Morgan fingerprint density at radius 2 is 1.92 bits per heavy atom. The first-order valence-corrected chi connectivity index (χ1v) is 9.66. The van der Waals surface area contributed by atoms with E-state index in [4.69, 9.17) is 4.42 Å². The van der Waals surface area contributed by atoms with E-state index in [1.807, 2.05) is 4.90 Å². The number of nitrogens with zero attached hydrogens (tertiary/aromatic N) is 2. The molecule has 5 heteroatoms. The molecule has 5 nitrogen and oxygen atoms in total. The molecular weight excluding hydrogens is 316 g/mol. The summed E-state index contributed by atoms with van der Waals surface area (Å²) in [6.07, 6.45) is 7.91. The molecule has 2 atom stereocenters. The average Bonchev–Trinajstić information content (AvgIpc) is 3.32. The van der Waals surface area contributed by atoms with E-state index in [1.165, 1.54) is 12.5 Å². The van der Waals surface area contributed by atoms with Gasteiger partial charge in [0.15, 0.2) is 0 Å². The average molecular weight is 346 g/mol. The molecule has 0 unspecified atom stereocenters. The van der Waals surface area contributed by atoms with Crippen LogP contribution in [-0.2, 0) is 4.79 Å². The van der Waals surface area contributed by atoms with E-state index >= 15 is 0 Å². The van der Waals surface area contributed by atoms with Crippen LogP contribution in [0.5, 0.6) is 0 Å². The lowest BCUT2D eigenvalue weighted by molar-refractivity contribution is -0.140. The fraction of sp³-hybridized carbons (Fsp3) is 0.700. The highest BCUT2D eigenvalue weighted by atomic mass is 16.3. The molecule has 1 aliphatic carbocycles. The van der Waals surface area contributed by atoms with E-state index in [1.54, 1.807) is 6.07 Å². The van der Waals surface area contributed by atoms with E-state index in [2.05, 4.69) is 25.7 Å². The maximum absolute atomic E-state index is 13.2. The highest BCUT2D eigenvalue weighted by Gasteiger charge is 2.40. The lowest BCUT2D eigenvalue weighted by atomic mass is 9.92. The molecule has 3 rings (SSSR count). The molecule has 0 N–H and O–H groups in total. The lowest BCUT2D eigenvalue weighted by Gasteiger charge is -2.38. The molecule has 1 aromatic heterocycles. The second-order valence-electron chi connectivity index (χ2n) is 7.68. The molecule has 2 aliphatic rings. The van der Waals surface area contributed by atoms with E-state index in [0.717, 1.165) is 32.1 Å². The molecule has 0 spiro atoms. The summed E-state index contributed by atoms with van der Waals surface area (Å²) < 4.78 is 5.00. The Hall–Kier alpha value is -1.78. The second kappa shape index (κ2) is 7.63. The summed E-state index contributed by atoms with van der Waals surface area (Å²) in [5.74, 6) is 0.894. The molecule has 1 aliphatic heterocycles. The van der Waals surface area contributed by atoms with Crippen LogP contribution >= 0.6 is 0 Å². The summed E-state index contributed by atoms with van der Waals surface area (Å²) in [5.41, 5.74) is 0.592. The van der Waals surface area contributed by atoms with Crippen LogP contribution in [0.2, 0.25) is 0 Å². The third-order valence-electron chi connectivity index (χ3n) is 6.00. The molecule has 138 valence electrons. The smallest absolute Gasteiger partial charge is 0.257 e. The first kappa shape index (κ1) is 18.0. The number of hydrogen-bond acceptors (Lipinski definition) is 3. The van der Waals surface area contributed by atoms with Crippen LogP contribution < -0.4 is 0 Å². The van der Waals surface area contributed by atoms with Crippen molar-refractivity contribution in [3.8, 4) is 0 Å². The van der Waals surface area contributed by atoms with Gasteiger partial charge in [0.25, 0.3) is 5.91 Å². The van der Waals surface area contributed by atoms with Gasteiger partial charge in [-0.15, -0.1) is 0 Å². The van der Waals surface area contributed by atoms with Crippen LogP contribution in [0.25, 0.3) is 0 Å². The highest BCUT2D eigenvalue weighted by Crippen LogP contribution is 2.34. The van der Waals surface area contributed by atoms with Crippen molar-refractivity contribution >= 4 is 11.8 Å². The maximum atomic E-state index is 13.2. The molecule has 2 fully saturated rings. The van der Waals surface area contributed by atoms with Crippen LogP contribution in [0.1, 0.15) is 63.2 Å². The van der Waals surface area contributed by atoms with Gasteiger partial charge >= 0.3 is 0 Å². The summed E-state index contributed by atoms with van der Waals surface area (Å²) in [5, 5.41) is 0. The van der Waals surface area contributed by atoms with E-state index < -0.39 is 0 Å². The minimum absolute atomic E-state index is 0.00618. The van der Waals surface area contributed by atoms with Crippen molar-refractivity contribution in [3.05, 3.63) is 24.2 Å². The molecular formula is C20H30N2O3. The van der Waals surface area contributed by atoms with Crippen molar-refractivity contribution in [1.82, 2.24) is 9.80 Å². The van der Waals surface area contributed by atoms with Crippen molar-refractivity contribution < 1.29 is 14.0 Å². The molecule has 0 radical (unpaired) electrons. The standard InChI is InChI=1S/C20H30N2O3/c1-4-14(2)15(3)22(18-5-6-18)20(24)16-7-10-21(11-8-16)19(23)17-9-12-25-13-17/h9,12-16,18H,4-8,10-11H2,1-3H3/t14-,15-/m0/s1. The fourth-order valence-corrected chi connectivity index (χ4v) is 3.79. The molecule has 1 aromatic rings. The van der Waals surface area contributed by atoms with Gasteiger partial charge in [0.1, 0.15) is 6.26 Å². The molecule has 1 saturated heterocycles. The Kier molecular flexibility index (Phi) is 5.50. The quantitative estimate of drug-likeness (QED) is 0.791. The van der Waals surface area contributed by atoms with Crippen LogP contribution in [0.4, 0.5) is 0 Å². The first-order valence-electron chi connectivity index (χ1n) is 9.66. The number of rotatable bonds is 6. The largest absolute Gasteiger partial charge is 0.472 e. The lowest BCUT2D eigenvalue weighted by Crippen LogP contribution is -2.49. The number of carbonyl (C=O) groups is 2. The van der Waals surface area contributed by atoms with Gasteiger partial charge in [-0.05, 0) is 44.6 Å². The Balaban J connectivity index is 1.59. The molecule has 25 heavy (non-hydrogen) atoms. The highest BCUT2D eigenvalue weighted by molar-refractivity contribution is 5.94. The predicted octanol–water partition coefficient (Wildman–Crippen LogP) is 3.56. The summed E-state index contributed by atoms with van der Waals surface area (Å²) in [4.78, 5) is 29.6. The molecule has 1 saturated carbocycles. The van der Waals surface area contributed by atoms with Crippen molar-refractivity contribution in [2.45, 2.75) is 65.0 Å². The zero-order valence-corrected chi connectivity index (χ0v) is 15.6. The number of hydrogen-bond donors (Lipinski definition) is 0. The summed E-state index contributed by atoms with van der Waals surface area (Å²) >= 11 is 0. The van der Waals surface area contributed by atoms with Gasteiger partial charge in [-0.1, -0.05) is 20.3 Å². The Morgan fingerprint density at radius 3 is 2.44 bits per heavy atom. The normalized spacial score (nSPS) is 21.0. The van der Waals surface area contributed by atoms with Gasteiger partial charge in [-0.25, -0.2) is 0 Å². The van der Waals surface area contributed by atoms with E-state index in [9.17, 15) is 9.59 Å². The minimum atomic E-state index is 0.00618. The van der Waals surface area contributed by atoms with Crippen molar-refractivity contribution in [1.29, 1.82) is 0 Å². The maximum Gasteiger partial charge on any atom is 0.257 e. The van der Waals surface area contributed by atoms with Gasteiger partial charge in [-0.2, -0.15) is 0 Å². The second-order valence-corrected chi connectivity index (χ2v) is 7.68. The molecule has 2 heterocycles. The first-order chi connectivity index (χ1) is 12.0. The Labute approximate surface area is 150 Å². The van der Waals surface area contributed by atoms with E-state index in [-0.39, 0.29) is 11.8 Å². The van der Waals surface area contributed by atoms with Gasteiger partial charge in [0.2, 0.25) is 5.91 Å². The Morgan fingerprint density at radius 1 is 1.24 bits per heavy atom. The Bertz CT molecular complexity index is 586. The van der Waals surface area contributed by atoms with Crippen molar-refractivity contribution in [2.75, 3.05) is 13.1 Å². The SMILES string of the molecule is CC[C@H](C)[C@H](C)N(C(=O)C1CCN(C(=O)c2ccoc2)CC1)C1CC1. The van der Waals surface area contributed by atoms with Crippen LogP contribution in [-0.4, -0.2) is 46.8 Å². The summed E-state index contributed by atoms with van der Waals surface area (Å²) in [6, 6.07) is 2.44. The predicted molar refractivity (Wildman–Crippen MR) is 96.1 cm³/mol. The minimum Gasteiger partial charge on any atom is -0.472 e. The number of carbonyl (C=O) groups excluding carboxylic acids is 2. The van der Waals surface area contributed by atoms with Crippen LogP contribution in [0.3, 0.4) is 0 Å². The molecule has 2 amide bonds. The third kappa shape index (κ3) is 3.91. The number of likely N-dealkylation sites (tertiary alicyclic amines) is 1. The van der Waals surface area contributed by atoms with Gasteiger partial charge in [-0.3, -0.25) is 9.59 Å². The van der Waals surface area contributed by atoms with Crippen molar-refractivity contribution in [2.24, 2.45) is 11.8 Å². The number of furan rings is 1. The monoisotopic (exact) mass is 346 g/mol. The number of amides is 2. The zero-order chi connectivity index (χ0) is 18.0. The zero-order valence-electron chi connectivity index (χ0n) is 15.6. The fourth-order valence-electron chi connectivity index (χ4n) is 3.79. The summed E-state index contributed by atoms with van der Waals surface area (Å²) in [6.45, 7) is 7.92. The topological polar surface area (TPSA) is 53.8 Å². The number of piperidine rings is 1. The molecule has 0 aromatic carbocycles. The third-order valence-corrected chi connectivity index (χ3v) is 6.00. The molecule has 0 bridgehead atoms. The van der Waals surface area contributed by atoms with Crippen LogP contribution in [0, 0.1) is 11.8 Å².